The number of hydrogen-bond donors (Lipinski definition) is 2. The van der Waals surface area contributed by atoms with E-state index in [1.54, 1.807) is 59.2 Å². The second-order valence-electron chi connectivity index (χ2n) is 13.1. The highest BCUT2D eigenvalue weighted by Crippen LogP contribution is 2.45. The van der Waals surface area contributed by atoms with Crippen LogP contribution in [-0.4, -0.2) is 96.6 Å². The molecule has 0 unspecified atom stereocenters. The number of alkyl carbamates (subject to hydrolysis) is 1. The minimum Gasteiger partial charge on any atom is -0.497 e. The molecule has 4 rings (SSSR count). The second kappa shape index (κ2) is 16.2. The van der Waals surface area contributed by atoms with Crippen LogP contribution in [0.5, 0.6) is 11.6 Å². The summed E-state index contributed by atoms with van der Waals surface area (Å²) in [7, 11) is 1.58. The van der Waals surface area contributed by atoms with Gasteiger partial charge >= 0.3 is 12.1 Å². The lowest BCUT2D eigenvalue weighted by atomic mass is 10.1. The number of pyridine rings is 1. The highest BCUT2D eigenvalue weighted by molar-refractivity contribution is 5.96. The molecule has 1 aromatic heterocycles. The number of esters is 1. The van der Waals surface area contributed by atoms with Crippen molar-refractivity contribution >= 4 is 34.6 Å². The van der Waals surface area contributed by atoms with E-state index in [-0.39, 0.29) is 31.9 Å². The Kier molecular flexibility index (Phi) is 12.3. The largest absolute Gasteiger partial charge is 0.497 e. The highest BCUT2D eigenvalue weighted by atomic mass is 16.6. The summed E-state index contributed by atoms with van der Waals surface area (Å²) in [5.74, 6) is -0.918. The van der Waals surface area contributed by atoms with Gasteiger partial charge < -0.3 is 39.2 Å². The molecule has 1 aliphatic heterocycles. The predicted octanol–water partition coefficient (Wildman–Crippen LogP) is 4.09. The molecule has 1 saturated heterocycles. The minimum absolute atomic E-state index is 0.0158. The van der Waals surface area contributed by atoms with Gasteiger partial charge in [-0.3, -0.25) is 9.59 Å². The first kappa shape index (κ1) is 37.2. The van der Waals surface area contributed by atoms with Crippen LogP contribution in [0.15, 0.2) is 55.8 Å². The predicted molar refractivity (Wildman–Crippen MR) is 182 cm³/mol. The van der Waals surface area contributed by atoms with E-state index in [0.29, 0.717) is 37.7 Å². The molecule has 0 bridgehead atoms. The SMILES string of the molecule is C=CCOCCC[C@H](NC(=O)OC(C)(C)C)C(=O)N1C[C@H](Oc2nccc3cc(OC)ccc23)C[C@H]1C(=O)N[C@]1(C(=O)OCC)C[C@H]1C=C. The average Bonchev–Trinajstić information content (AvgIpc) is 3.61. The van der Waals surface area contributed by atoms with Crippen molar-refractivity contribution in [1.82, 2.24) is 20.5 Å². The Labute approximate surface area is 287 Å². The number of carbonyl (C=O) groups excluding carboxylic acids is 4. The van der Waals surface area contributed by atoms with Crippen LogP contribution in [0, 0.1) is 5.92 Å². The van der Waals surface area contributed by atoms with Crippen molar-refractivity contribution in [2.75, 3.05) is 33.5 Å². The zero-order chi connectivity index (χ0) is 35.8. The van der Waals surface area contributed by atoms with Gasteiger partial charge in [0, 0.05) is 30.5 Å². The van der Waals surface area contributed by atoms with Gasteiger partial charge in [-0.1, -0.05) is 12.2 Å². The molecule has 2 heterocycles. The number of methoxy groups -OCH3 is 1. The third kappa shape index (κ3) is 9.28. The van der Waals surface area contributed by atoms with E-state index in [1.165, 1.54) is 4.90 Å². The quantitative estimate of drug-likeness (QED) is 0.151. The molecular formula is C36H48N4O9. The number of aromatic nitrogens is 1. The molecule has 1 aromatic carbocycles. The summed E-state index contributed by atoms with van der Waals surface area (Å²) in [5.41, 5.74) is -2.07. The normalized spacial score (nSPS) is 22.1. The molecular weight excluding hydrogens is 632 g/mol. The van der Waals surface area contributed by atoms with Gasteiger partial charge in [-0.15, -0.1) is 13.2 Å². The van der Waals surface area contributed by atoms with Gasteiger partial charge in [0.05, 0.1) is 26.9 Å². The zero-order valence-corrected chi connectivity index (χ0v) is 29.0. The van der Waals surface area contributed by atoms with Crippen LogP contribution in [0.25, 0.3) is 10.8 Å². The Morgan fingerprint density at radius 3 is 2.61 bits per heavy atom. The molecule has 1 aliphatic carbocycles. The summed E-state index contributed by atoms with van der Waals surface area (Å²) in [5, 5.41) is 7.14. The van der Waals surface area contributed by atoms with Crippen molar-refractivity contribution in [1.29, 1.82) is 0 Å². The first-order valence-corrected chi connectivity index (χ1v) is 16.6. The summed E-state index contributed by atoms with van der Waals surface area (Å²) in [6.07, 6.45) is 4.50. The molecule has 13 nitrogen and oxygen atoms in total. The Morgan fingerprint density at radius 1 is 1.18 bits per heavy atom. The molecule has 0 spiro atoms. The molecule has 3 amide bonds. The number of hydrogen-bond acceptors (Lipinski definition) is 10. The Hall–Kier alpha value is -4.65. The number of nitrogens with one attached hydrogen (secondary N) is 2. The standard InChI is InChI=1S/C36H48N4O9/c1-8-17-46-18-11-12-28(38-34(44)49-35(4,5)6)32(42)40-22-26(48-31-27-14-13-25(45-7)19-23(27)15-16-37-31)20-29(40)30(41)39-36(21-24(36)9-2)33(43)47-10-3/h8-9,13-16,19,24,26,28-29H,1-2,10-12,17-18,20-22H2,3-7H3,(H,38,44)(H,39,41)/t24-,26-,28+,29+,36-/m1/s1. The number of benzene rings is 1. The molecule has 13 heteroatoms. The number of amides is 3. The van der Waals surface area contributed by atoms with Crippen molar-refractivity contribution in [2.24, 2.45) is 5.92 Å². The molecule has 1 saturated carbocycles. The number of ether oxygens (including phenoxy) is 5. The fourth-order valence-corrected chi connectivity index (χ4v) is 5.91. The van der Waals surface area contributed by atoms with E-state index in [9.17, 15) is 19.2 Å². The second-order valence-corrected chi connectivity index (χ2v) is 13.1. The van der Waals surface area contributed by atoms with Crippen LogP contribution in [0.2, 0.25) is 0 Å². The third-order valence-corrected chi connectivity index (χ3v) is 8.35. The van der Waals surface area contributed by atoms with Crippen molar-refractivity contribution < 1.29 is 42.9 Å². The fourth-order valence-electron chi connectivity index (χ4n) is 5.91. The van der Waals surface area contributed by atoms with Crippen LogP contribution in [0.3, 0.4) is 0 Å². The number of fused-ring (bicyclic) bond motifs is 1. The van der Waals surface area contributed by atoms with Crippen molar-refractivity contribution in [3.8, 4) is 11.6 Å². The summed E-state index contributed by atoms with van der Waals surface area (Å²) in [6.45, 7) is 15.1. The fraction of sp³-hybridized carbons (Fsp3) is 0.528. The number of rotatable bonds is 16. The van der Waals surface area contributed by atoms with Gasteiger partial charge in [-0.25, -0.2) is 14.6 Å². The number of nitrogens with zero attached hydrogens (tertiary/aromatic N) is 2. The number of carbonyl (C=O) groups is 4. The van der Waals surface area contributed by atoms with Gasteiger partial charge in [-0.05, 0) is 76.6 Å². The maximum absolute atomic E-state index is 14.3. The molecule has 2 aromatic rings. The van der Waals surface area contributed by atoms with Crippen LogP contribution in [0.1, 0.15) is 53.4 Å². The first-order chi connectivity index (χ1) is 23.3. The van der Waals surface area contributed by atoms with Gasteiger partial charge in [0.1, 0.15) is 35.1 Å². The summed E-state index contributed by atoms with van der Waals surface area (Å²) < 4.78 is 28.0. The maximum Gasteiger partial charge on any atom is 0.408 e. The van der Waals surface area contributed by atoms with E-state index in [0.717, 1.165) is 10.8 Å². The smallest absolute Gasteiger partial charge is 0.408 e. The van der Waals surface area contributed by atoms with Gasteiger partial charge in [0.15, 0.2) is 0 Å². The van der Waals surface area contributed by atoms with Crippen LogP contribution in [-0.2, 0) is 28.6 Å². The minimum atomic E-state index is -1.27. The Morgan fingerprint density at radius 2 is 1.96 bits per heavy atom. The van der Waals surface area contributed by atoms with Crippen molar-refractivity contribution in [3.63, 3.8) is 0 Å². The third-order valence-electron chi connectivity index (χ3n) is 8.35. The highest BCUT2D eigenvalue weighted by Gasteiger charge is 2.62. The van der Waals surface area contributed by atoms with E-state index in [1.807, 2.05) is 18.2 Å². The van der Waals surface area contributed by atoms with Crippen LogP contribution in [0.4, 0.5) is 4.79 Å². The summed E-state index contributed by atoms with van der Waals surface area (Å²) >= 11 is 0. The van der Waals surface area contributed by atoms with E-state index in [2.05, 4.69) is 28.8 Å². The van der Waals surface area contributed by atoms with Crippen LogP contribution >= 0.6 is 0 Å². The average molecular weight is 681 g/mol. The van der Waals surface area contributed by atoms with E-state index < -0.39 is 53.2 Å². The number of likely N-dealkylation sites (tertiary alicyclic amines) is 1. The van der Waals surface area contributed by atoms with Gasteiger partial charge in [-0.2, -0.15) is 0 Å². The van der Waals surface area contributed by atoms with Gasteiger partial charge in [0.25, 0.3) is 0 Å². The van der Waals surface area contributed by atoms with Crippen molar-refractivity contribution in [2.45, 2.75) is 82.7 Å². The monoisotopic (exact) mass is 680 g/mol. The topological polar surface area (TPSA) is 155 Å². The Balaban J connectivity index is 1.63. The first-order valence-electron chi connectivity index (χ1n) is 16.6. The molecule has 2 fully saturated rings. The molecule has 266 valence electrons. The molecule has 2 N–H and O–H groups in total. The lowest BCUT2D eigenvalue weighted by molar-refractivity contribution is -0.150. The summed E-state index contributed by atoms with van der Waals surface area (Å²) in [4.78, 5) is 60.1. The van der Waals surface area contributed by atoms with Gasteiger partial charge in [0.2, 0.25) is 17.7 Å². The molecule has 49 heavy (non-hydrogen) atoms. The van der Waals surface area contributed by atoms with E-state index >= 15 is 0 Å². The van der Waals surface area contributed by atoms with Crippen LogP contribution < -0.4 is 20.1 Å². The maximum atomic E-state index is 14.3. The lowest BCUT2D eigenvalue weighted by Gasteiger charge is -2.30. The molecule has 2 aliphatic rings. The zero-order valence-electron chi connectivity index (χ0n) is 29.0. The van der Waals surface area contributed by atoms with E-state index in [4.69, 9.17) is 23.7 Å². The molecule has 0 radical (unpaired) electrons. The molecule has 5 atom stereocenters. The summed E-state index contributed by atoms with van der Waals surface area (Å²) in [6, 6.07) is 5.24. The Bertz CT molecular complexity index is 1540. The lowest BCUT2D eigenvalue weighted by Crippen LogP contribution is -2.56. The van der Waals surface area contributed by atoms with Crippen molar-refractivity contribution in [3.05, 3.63) is 55.8 Å².